The standard InChI is InChI=1S/C24H34NO3/c1-19(25(2)15-9-6-10-16-25)18-24(26,20-11-7-5-8-12-20)22-17-21(27-3)13-14-23(22)28-4/h5,7-8,11-14,17,19,26H,6,9-10,15-16,18H2,1-4H3/q+1. The van der Waals surface area contributed by atoms with Gasteiger partial charge in [-0.3, -0.25) is 0 Å². The van der Waals surface area contributed by atoms with Crippen LogP contribution in [-0.4, -0.2) is 50.0 Å². The average molecular weight is 385 g/mol. The Balaban J connectivity index is 2.07. The molecule has 28 heavy (non-hydrogen) atoms. The lowest BCUT2D eigenvalue weighted by molar-refractivity contribution is -0.936. The van der Waals surface area contributed by atoms with Crippen molar-refractivity contribution in [3.05, 3.63) is 59.7 Å². The van der Waals surface area contributed by atoms with Crippen LogP contribution in [0.4, 0.5) is 0 Å². The molecule has 2 aromatic carbocycles. The summed E-state index contributed by atoms with van der Waals surface area (Å²) in [4.78, 5) is 0. The van der Waals surface area contributed by atoms with E-state index in [2.05, 4.69) is 14.0 Å². The van der Waals surface area contributed by atoms with Crippen molar-refractivity contribution in [1.82, 2.24) is 0 Å². The zero-order chi connectivity index (χ0) is 20.2. The van der Waals surface area contributed by atoms with E-state index in [0.717, 1.165) is 21.4 Å². The summed E-state index contributed by atoms with van der Waals surface area (Å²) in [7, 11) is 5.63. The molecule has 0 aromatic heterocycles. The van der Waals surface area contributed by atoms with Crippen LogP contribution in [0.15, 0.2) is 48.5 Å². The van der Waals surface area contributed by atoms with Crippen LogP contribution in [0.1, 0.15) is 43.7 Å². The monoisotopic (exact) mass is 384 g/mol. The van der Waals surface area contributed by atoms with E-state index in [-0.39, 0.29) is 0 Å². The highest BCUT2D eigenvalue weighted by atomic mass is 16.5. The summed E-state index contributed by atoms with van der Waals surface area (Å²) in [5.74, 6) is 1.40. The maximum absolute atomic E-state index is 12.2. The van der Waals surface area contributed by atoms with Gasteiger partial charge in [0.25, 0.3) is 0 Å². The Morgan fingerprint density at radius 3 is 2.29 bits per heavy atom. The number of benzene rings is 2. The number of hydrogen-bond donors (Lipinski definition) is 1. The van der Waals surface area contributed by atoms with E-state index in [1.54, 1.807) is 14.2 Å². The third-order valence-electron chi connectivity index (χ3n) is 6.60. The molecule has 152 valence electrons. The van der Waals surface area contributed by atoms with E-state index in [1.807, 2.05) is 48.5 Å². The van der Waals surface area contributed by atoms with Crippen molar-refractivity contribution < 1.29 is 19.1 Å². The van der Waals surface area contributed by atoms with Crippen LogP contribution in [0.5, 0.6) is 11.5 Å². The molecule has 0 spiro atoms. The van der Waals surface area contributed by atoms with E-state index in [1.165, 1.54) is 32.4 Å². The van der Waals surface area contributed by atoms with Gasteiger partial charge >= 0.3 is 0 Å². The van der Waals surface area contributed by atoms with Gasteiger partial charge in [0.2, 0.25) is 0 Å². The highest BCUT2D eigenvalue weighted by molar-refractivity contribution is 5.48. The summed E-state index contributed by atoms with van der Waals surface area (Å²) in [6, 6.07) is 15.9. The smallest absolute Gasteiger partial charge is 0.125 e. The van der Waals surface area contributed by atoms with Crippen LogP contribution in [-0.2, 0) is 5.60 Å². The fourth-order valence-electron chi connectivity index (χ4n) is 4.56. The number of piperidine rings is 1. The highest BCUT2D eigenvalue weighted by Gasteiger charge is 2.42. The second-order valence-corrected chi connectivity index (χ2v) is 8.33. The third-order valence-corrected chi connectivity index (χ3v) is 6.60. The summed E-state index contributed by atoms with van der Waals surface area (Å²) in [6.07, 6.45) is 4.45. The molecule has 0 amide bonds. The molecule has 1 heterocycles. The van der Waals surface area contributed by atoms with Crippen LogP contribution in [0.25, 0.3) is 0 Å². The van der Waals surface area contributed by atoms with E-state index < -0.39 is 5.60 Å². The molecule has 1 aliphatic heterocycles. The van der Waals surface area contributed by atoms with Gasteiger partial charge in [-0.2, -0.15) is 0 Å². The van der Waals surface area contributed by atoms with Crippen LogP contribution in [0, 0.1) is 0 Å². The topological polar surface area (TPSA) is 38.7 Å². The molecule has 0 aliphatic carbocycles. The van der Waals surface area contributed by atoms with Crippen LogP contribution in [0.2, 0.25) is 0 Å². The number of likely N-dealkylation sites (tertiary alicyclic amines) is 1. The fraction of sp³-hybridized carbons (Fsp3) is 0.500. The van der Waals surface area contributed by atoms with Crippen LogP contribution < -0.4 is 9.47 Å². The molecule has 3 rings (SSSR count). The third kappa shape index (κ3) is 4.03. The Bertz CT molecular complexity index is 771. The number of quaternary nitrogens is 1. The summed E-state index contributed by atoms with van der Waals surface area (Å²) in [5.41, 5.74) is 0.493. The summed E-state index contributed by atoms with van der Waals surface area (Å²) < 4.78 is 12.1. The Labute approximate surface area is 169 Å². The number of nitrogens with zero attached hydrogens (tertiary/aromatic N) is 1. The van der Waals surface area contributed by atoms with Gasteiger partial charge in [0.05, 0.1) is 40.4 Å². The molecule has 4 heteroatoms. The van der Waals surface area contributed by atoms with Crippen molar-refractivity contribution in [2.24, 2.45) is 0 Å². The SMILES string of the molecule is COc1ccc(OC)c(C(O)(CC(C)[N+]2(C)CCCCC2)c2ccccc2)c1. The molecular weight excluding hydrogens is 350 g/mol. The van der Waals surface area contributed by atoms with Gasteiger partial charge in [0, 0.05) is 12.0 Å². The number of aliphatic hydroxyl groups is 1. The number of hydrogen-bond acceptors (Lipinski definition) is 3. The molecule has 2 atom stereocenters. The van der Waals surface area contributed by atoms with Gasteiger partial charge in [-0.05, 0) is 49.9 Å². The van der Waals surface area contributed by atoms with Crippen molar-refractivity contribution in [2.75, 3.05) is 34.4 Å². The largest absolute Gasteiger partial charge is 0.497 e. The molecule has 1 N–H and O–H groups in total. The first-order chi connectivity index (χ1) is 13.4. The average Bonchev–Trinajstić information content (AvgIpc) is 2.74. The zero-order valence-corrected chi connectivity index (χ0v) is 17.6. The Kier molecular flexibility index (Phi) is 6.31. The molecule has 2 unspecified atom stereocenters. The van der Waals surface area contributed by atoms with Crippen molar-refractivity contribution in [3.63, 3.8) is 0 Å². The summed E-state index contributed by atoms with van der Waals surface area (Å²) in [5, 5.41) is 12.2. The van der Waals surface area contributed by atoms with Crippen LogP contribution in [0.3, 0.4) is 0 Å². The molecule has 1 aliphatic rings. The molecular formula is C24H34NO3+. The van der Waals surface area contributed by atoms with Gasteiger partial charge in [-0.25, -0.2) is 0 Å². The maximum Gasteiger partial charge on any atom is 0.125 e. The Hall–Kier alpha value is -2.04. The lowest BCUT2D eigenvalue weighted by Crippen LogP contribution is -2.55. The van der Waals surface area contributed by atoms with Crippen LogP contribution >= 0.6 is 0 Å². The summed E-state index contributed by atoms with van der Waals surface area (Å²) in [6.45, 7) is 4.61. The molecule has 1 saturated heterocycles. The fourth-order valence-corrected chi connectivity index (χ4v) is 4.56. The molecule has 2 aromatic rings. The van der Waals surface area contributed by atoms with E-state index in [4.69, 9.17) is 9.47 Å². The Morgan fingerprint density at radius 1 is 1.00 bits per heavy atom. The van der Waals surface area contributed by atoms with Crippen molar-refractivity contribution in [1.29, 1.82) is 0 Å². The number of rotatable bonds is 7. The molecule has 1 fully saturated rings. The zero-order valence-electron chi connectivity index (χ0n) is 17.6. The van der Waals surface area contributed by atoms with E-state index >= 15 is 0 Å². The van der Waals surface area contributed by atoms with Gasteiger partial charge in [-0.15, -0.1) is 0 Å². The summed E-state index contributed by atoms with van der Waals surface area (Å²) >= 11 is 0. The van der Waals surface area contributed by atoms with E-state index in [9.17, 15) is 5.11 Å². The molecule has 0 radical (unpaired) electrons. The maximum atomic E-state index is 12.2. The normalized spacial score (nSPS) is 19.5. The van der Waals surface area contributed by atoms with Gasteiger partial charge < -0.3 is 19.1 Å². The van der Waals surface area contributed by atoms with E-state index in [0.29, 0.717) is 18.2 Å². The minimum absolute atomic E-state index is 0.307. The second kappa shape index (κ2) is 8.54. The number of ether oxygens (including phenoxy) is 2. The highest BCUT2D eigenvalue weighted by Crippen LogP contribution is 2.42. The second-order valence-electron chi connectivity index (χ2n) is 8.33. The predicted molar refractivity (Wildman–Crippen MR) is 113 cm³/mol. The van der Waals surface area contributed by atoms with Gasteiger partial charge in [0.15, 0.2) is 0 Å². The lowest BCUT2D eigenvalue weighted by Gasteiger charge is -2.45. The van der Waals surface area contributed by atoms with Gasteiger partial charge in [0.1, 0.15) is 17.1 Å². The lowest BCUT2D eigenvalue weighted by atomic mass is 9.80. The van der Waals surface area contributed by atoms with Crippen molar-refractivity contribution in [3.8, 4) is 11.5 Å². The first-order valence-electron chi connectivity index (χ1n) is 10.3. The van der Waals surface area contributed by atoms with Crippen molar-refractivity contribution >= 4 is 0 Å². The predicted octanol–water partition coefficient (Wildman–Crippen LogP) is 4.35. The first kappa shape index (κ1) is 20.7. The molecule has 0 bridgehead atoms. The minimum atomic E-state index is -1.15. The Morgan fingerprint density at radius 2 is 1.68 bits per heavy atom. The molecule has 4 nitrogen and oxygen atoms in total. The van der Waals surface area contributed by atoms with Gasteiger partial charge in [-0.1, -0.05) is 30.3 Å². The number of methoxy groups -OCH3 is 2. The molecule has 0 saturated carbocycles. The first-order valence-corrected chi connectivity index (χ1v) is 10.3. The quantitative estimate of drug-likeness (QED) is 0.722. The minimum Gasteiger partial charge on any atom is -0.497 e. The van der Waals surface area contributed by atoms with Crippen molar-refractivity contribution in [2.45, 2.75) is 44.2 Å².